The molecule has 0 fully saturated rings. The van der Waals surface area contributed by atoms with Gasteiger partial charge in [-0.1, -0.05) is 6.07 Å². The predicted molar refractivity (Wildman–Crippen MR) is 110 cm³/mol. The zero-order valence-electron chi connectivity index (χ0n) is 17.4. The Hall–Kier alpha value is -2.03. The molecule has 0 aliphatic carbocycles. The van der Waals surface area contributed by atoms with Gasteiger partial charge in [0.1, 0.15) is 12.1 Å². The lowest BCUT2D eigenvalue weighted by atomic mass is 10.1. The Bertz CT molecular complexity index is 950. The van der Waals surface area contributed by atoms with Crippen molar-refractivity contribution in [2.75, 3.05) is 33.7 Å². The van der Waals surface area contributed by atoms with Gasteiger partial charge in [0.05, 0.1) is 10.4 Å². The maximum absolute atomic E-state index is 13.4. The normalized spacial score (nSPS) is 12.7. The molecule has 0 aliphatic rings. The summed E-state index contributed by atoms with van der Waals surface area (Å²) < 4.78 is 33.4. The van der Waals surface area contributed by atoms with Crippen molar-refractivity contribution in [3.63, 3.8) is 0 Å². The topological polar surface area (TPSA) is 79.8 Å². The number of carbonyl (C=O) groups is 1. The SMILES string of the molecule is Cc1ccc(S(=O)(=O)N(CCN(C)C)CC(=O)OC(C)(C)C)c2cccnc12. The van der Waals surface area contributed by atoms with Crippen molar-refractivity contribution >= 4 is 26.9 Å². The van der Waals surface area contributed by atoms with Gasteiger partial charge in [0.15, 0.2) is 0 Å². The zero-order chi connectivity index (χ0) is 21.1. The minimum absolute atomic E-state index is 0.142. The van der Waals surface area contributed by atoms with E-state index in [4.69, 9.17) is 4.74 Å². The number of nitrogens with zero attached hydrogens (tertiary/aromatic N) is 3. The third kappa shape index (κ3) is 5.50. The van der Waals surface area contributed by atoms with Crippen molar-refractivity contribution in [3.8, 4) is 0 Å². The van der Waals surface area contributed by atoms with Crippen LogP contribution in [0.3, 0.4) is 0 Å². The number of hydrogen-bond donors (Lipinski definition) is 0. The second-order valence-corrected chi connectivity index (χ2v) is 9.91. The molecule has 1 aromatic heterocycles. The Balaban J connectivity index is 2.46. The maximum Gasteiger partial charge on any atom is 0.321 e. The average molecular weight is 408 g/mol. The Labute approximate surface area is 167 Å². The fourth-order valence-electron chi connectivity index (χ4n) is 2.77. The highest BCUT2D eigenvalue weighted by Gasteiger charge is 2.30. The molecule has 1 heterocycles. The van der Waals surface area contributed by atoms with E-state index in [-0.39, 0.29) is 18.0 Å². The van der Waals surface area contributed by atoms with E-state index in [0.717, 1.165) is 5.56 Å². The van der Waals surface area contributed by atoms with Gasteiger partial charge in [-0.25, -0.2) is 8.42 Å². The number of rotatable bonds is 7. The molecule has 0 N–H and O–H groups in total. The second-order valence-electron chi connectivity index (χ2n) is 8.01. The molecule has 0 radical (unpaired) electrons. The Morgan fingerprint density at radius 2 is 1.82 bits per heavy atom. The molecule has 8 heteroatoms. The second kappa shape index (κ2) is 8.55. The molecule has 2 rings (SSSR count). The summed E-state index contributed by atoms with van der Waals surface area (Å²) in [5.74, 6) is -0.579. The maximum atomic E-state index is 13.4. The summed E-state index contributed by atoms with van der Waals surface area (Å²) >= 11 is 0. The fourth-order valence-corrected chi connectivity index (χ4v) is 4.32. The van der Waals surface area contributed by atoms with E-state index in [1.807, 2.05) is 25.9 Å². The van der Waals surface area contributed by atoms with E-state index in [0.29, 0.717) is 17.4 Å². The monoisotopic (exact) mass is 407 g/mol. The lowest BCUT2D eigenvalue weighted by Gasteiger charge is -2.26. The van der Waals surface area contributed by atoms with Gasteiger partial charge >= 0.3 is 5.97 Å². The molecule has 1 aromatic carbocycles. The van der Waals surface area contributed by atoms with Gasteiger partial charge in [0.25, 0.3) is 0 Å². The summed E-state index contributed by atoms with van der Waals surface area (Å²) in [4.78, 5) is 18.7. The number of sulfonamides is 1. The van der Waals surface area contributed by atoms with E-state index in [9.17, 15) is 13.2 Å². The van der Waals surface area contributed by atoms with Crippen LogP contribution >= 0.6 is 0 Å². The summed E-state index contributed by atoms with van der Waals surface area (Å²) in [5.41, 5.74) is 0.837. The number of aryl methyl sites for hydroxylation is 1. The highest BCUT2D eigenvalue weighted by Crippen LogP contribution is 2.27. The first-order valence-electron chi connectivity index (χ1n) is 9.13. The van der Waals surface area contributed by atoms with Crippen molar-refractivity contribution < 1.29 is 17.9 Å². The van der Waals surface area contributed by atoms with E-state index in [1.54, 1.807) is 51.2 Å². The van der Waals surface area contributed by atoms with Crippen molar-refractivity contribution in [2.24, 2.45) is 0 Å². The van der Waals surface area contributed by atoms with Gasteiger partial charge in [-0.05, 0) is 65.6 Å². The molecular formula is C20H29N3O4S. The smallest absolute Gasteiger partial charge is 0.321 e. The summed E-state index contributed by atoms with van der Waals surface area (Å²) in [6.07, 6.45) is 1.64. The summed E-state index contributed by atoms with van der Waals surface area (Å²) in [5, 5.41) is 0.543. The standard InChI is InChI=1S/C20H29N3O4S/c1-15-9-10-17(16-8-7-11-21-19(15)16)28(25,26)23(13-12-22(5)6)14-18(24)27-20(2,3)4/h7-11H,12-14H2,1-6H3. The molecule has 154 valence electrons. The van der Waals surface area contributed by atoms with Crippen molar-refractivity contribution in [3.05, 3.63) is 36.0 Å². The summed E-state index contributed by atoms with van der Waals surface area (Å²) in [7, 11) is -0.224. The van der Waals surface area contributed by atoms with Gasteiger partial charge in [0.2, 0.25) is 10.0 Å². The molecule has 0 amide bonds. The number of aromatic nitrogens is 1. The van der Waals surface area contributed by atoms with E-state index in [2.05, 4.69) is 4.98 Å². The molecule has 0 saturated carbocycles. The third-order valence-corrected chi connectivity index (χ3v) is 5.97. The van der Waals surface area contributed by atoms with Gasteiger partial charge < -0.3 is 9.64 Å². The summed E-state index contributed by atoms with van der Waals surface area (Å²) in [6, 6.07) is 6.75. The Kier molecular flexibility index (Phi) is 6.80. The van der Waals surface area contributed by atoms with Crippen LogP contribution < -0.4 is 0 Å². The van der Waals surface area contributed by atoms with Crippen LogP contribution in [-0.4, -0.2) is 67.9 Å². The first-order valence-corrected chi connectivity index (χ1v) is 10.6. The van der Waals surface area contributed by atoms with E-state index in [1.165, 1.54) is 4.31 Å². The number of fused-ring (bicyclic) bond motifs is 1. The van der Waals surface area contributed by atoms with Crippen LogP contribution in [0.2, 0.25) is 0 Å². The predicted octanol–water partition coefficient (Wildman–Crippen LogP) is 2.44. The average Bonchev–Trinajstić information content (AvgIpc) is 2.57. The molecular weight excluding hydrogens is 378 g/mol. The highest BCUT2D eigenvalue weighted by molar-refractivity contribution is 7.89. The zero-order valence-corrected chi connectivity index (χ0v) is 18.2. The lowest BCUT2D eigenvalue weighted by molar-refractivity contribution is -0.155. The number of esters is 1. The molecule has 7 nitrogen and oxygen atoms in total. The van der Waals surface area contributed by atoms with Gasteiger partial charge in [-0.15, -0.1) is 0 Å². The van der Waals surface area contributed by atoms with Crippen LogP contribution in [0.15, 0.2) is 35.4 Å². The largest absolute Gasteiger partial charge is 0.459 e. The number of likely N-dealkylation sites (N-methyl/N-ethyl adjacent to an activating group) is 1. The van der Waals surface area contributed by atoms with Crippen LogP contribution in [0.1, 0.15) is 26.3 Å². The van der Waals surface area contributed by atoms with Gasteiger partial charge in [-0.2, -0.15) is 4.31 Å². The van der Waals surface area contributed by atoms with Gasteiger partial charge in [-0.3, -0.25) is 9.78 Å². The lowest BCUT2D eigenvalue weighted by Crippen LogP contribution is -2.42. The molecule has 0 spiro atoms. The van der Waals surface area contributed by atoms with Crippen LogP contribution in [0.25, 0.3) is 10.9 Å². The number of carbonyl (C=O) groups excluding carboxylic acids is 1. The molecule has 0 bridgehead atoms. The first-order chi connectivity index (χ1) is 12.9. The highest BCUT2D eigenvalue weighted by atomic mass is 32.2. The quantitative estimate of drug-likeness (QED) is 0.656. The number of benzene rings is 1. The van der Waals surface area contributed by atoms with Crippen LogP contribution in [-0.2, 0) is 19.6 Å². The molecule has 0 saturated heterocycles. The van der Waals surface area contributed by atoms with E-state index < -0.39 is 21.6 Å². The first kappa shape index (κ1) is 22.3. The number of ether oxygens (including phenoxy) is 1. The molecule has 0 atom stereocenters. The minimum atomic E-state index is -3.92. The fraction of sp³-hybridized carbons (Fsp3) is 0.500. The number of hydrogen-bond acceptors (Lipinski definition) is 6. The molecule has 0 aliphatic heterocycles. The molecule has 0 unspecified atom stereocenters. The molecule has 2 aromatic rings. The van der Waals surface area contributed by atoms with E-state index >= 15 is 0 Å². The molecule has 28 heavy (non-hydrogen) atoms. The Morgan fingerprint density at radius 1 is 1.14 bits per heavy atom. The van der Waals surface area contributed by atoms with Crippen molar-refractivity contribution in [1.82, 2.24) is 14.2 Å². The van der Waals surface area contributed by atoms with Crippen LogP contribution in [0, 0.1) is 6.92 Å². The van der Waals surface area contributed by atoms with Crippen LogP contribution in [0.4, 0.5) is 0 Å². The Morgan fingerprint density at radius 3 is 2.43 bits per heavy atom. The van der Waals surface area contributed by atoms with Gasteiger partial charge in [0, 0.05) is 24.7 Å². The van der Waals surface area contributed by atoms with Crippen molar-refractivity contribution in [1.29, 1.82) is 0 Å². The number of pyridine rings is 1. The van der Waals surface area contributed by atoms with Crippen LogP contribution in [0.5, 0.6) is 0 Å². The minimum Gasteiger partial charge on any atom is -0.459 e. The summed E-state index contributed by atoms with van der Waals surface area (Å²) in [6.45, 7) is 7.45. The third-order valence-electron chi connectivity index (χ3n) is 4.07. The van der Waals surface area contributed by atoms with Crippen molar-refractivity contribution in [2.45, 2.75) is 38.2 Å².